The van der Waals surface area contributed by atoms with E-state index in [1.165, 1.54) is 10.9 Å². The van der Waals surface area contributed by atoms with Crippen molar-refractivity contribution in [1.82, 2.24) is 19.5 Å². The molecule has 2 aromatic rings. The molecular formula is C10H14N8O9P2. The SMILES string of the molecule is [N-]=[N+]=N[C@H]1[C@@H](OP(=O)(O)O)[C@H](n2cnc3c(N)ncnc32)O[C@@H]1COP(=O)(O)O. The van der Waals surface area contributed by atoms with E-state index in [4.69, 9.17) is 30.3 Å². The molecule has 0 radical (unpaired) electrons. The van der Waals surface area contributed by atoms with Crippen LogP contribution in [-0.4, -0.2) is 63.9 Å². The van der Waals surface area contributed by atoms with Gasteiger partial charge in [0.2, 0.25) is 0 Å². The fourth-order valence-corrected chi connectivity index (χ4v) is 3.67. The van der Waals surface area contributed by atoms with Gasteiger partial charge in [-0.25, -0.2) is 24.1 Å². The highest BCUT2D eigenvalue weighted by Crippen LogP contribution is 2.47. The Balaban J connectivity index is 2.04. The van der Waals surface area contributed by atoms with E-state index in [0.29, 0.717) is 0 Å². The molecule has 19 heteroatoms. The van der Waals surface area contributed by atoms with Crippen LogP contribution < -0.4 is 5.73 Å². The molecule has 6 N–H and O–H groups in total. The van der Waals surface area contributed by atoms with Gasteiger partial charge in [0.1, 0.15) is 17.9 Å². The van der Waals surface area contributed by atoms with Gasteiger partial charge < -0.3 is 30.0 Å². The molecule has 0 bridgehead atoms. The summed E-state index contributed by atoms with van der Waals surface area (Å²) in [5.74, 6) is 0.0205. The van der Waals surface area contributed by atoms with Gasteiger partial charge in [-0.1, -0.05) is 5.11 Å². The number of ether oxygens (including phenoxy) is 1. The Bertz CT molecular complexity index is 1040. The first-order valence-electron chi connectivity index (χ1n) is 7.57. The second-order valence-electron chi connectivity index (χ2n) is 5.69. The second-order valence-corrected chi connectivity index (χ2v) is 8.12. The predicted molar refractivity (Wildman–Crippen MR) is 91.5 cm³/mol. The van der Waals surface area contributed by atoms with E-state index in [0.717, 1.165) is 6.33 Å². The van der Waals surface area contributed by atoms with Crippen molar-refractivity contribution in [3.63, 3.8) is 0 Å². The molecule has 1 fully saturated rings. The fourth-order valence-electron chi connectivity index (χ4n) is 2.78. The molecule has 4 atom stereocenters. The van der Waals surface area contributed by atoms with E-state index >= 15 is 0 Å². The van der Waals surface area contributed by atoms with E-state index in [1.54, 1.807) is 0 Å². The number of phosphoric ester groups is 2. The summed E-state index contributed by atoms with van der Waals surface area (Å²) in [6.07, 6.45) is -2.01. The molecule has 3 heterocycles. The predicted octanol–water partition coefficient (Wildman–Crippen LogP) is -0.428. The maximum absolute atomic E-state index is 11.4. The van der Waals surface area contributed by atoms with Crippen LogP contribution in [-0.2, 0) is 22.9 Å². The molecule has 0 amide bonds. The number of nitrogens with zero attached hydrogens (tertiary/aromatic N) is 7. The Morgan fingerprint density at radius 3 is 2.62 bits per heavy atom. The molecule has 29 heavy (non-hydrogen) atoms. The zero-order chi connectivity index (χ0) is 21.4. The van der Waals surface area contributed by atoms with Crippen molar-refractivity contribution in [3.8, 4) is 0 Å². The lowest BCUT2D eigenvalue weighted by Gasteiger charge is -2.22. The molecule has 17 nitrogen and oxygen atoms in total. The van der Waals surface area contributed by atoms with Gasteiger partial charge in [0.25, 0.3) is 0 Å². The van der Waals surface area contributed by atoms with Crippen LogP contribution in [0, 0.1) is 0 Å². The molecule has 0 aromatic carbocycles. The highest BCUT2D eigenvalue weighted by molar-refractivity contribution is 7.46. The van der Waals surface area contributed by atoms with Gasteiger partial charge >= 0.3 is 15.6 Å². The highest BCUT2D eigenvalue weighted by atomic mass is 31.2. The molecule has 3 rings (SSSR count). The van der Waals surface area contributed by atoms with Crippen molar-refractivity contribution in [2.24, 2.45) is 5.11 Å². The Hall–Kier alpha value is -2.16. The summed E-state index contributed by atoms with van der Waals surface area (Å²) in [5.41, 5.74) is 14.8. The van der Waals surface area contributed by atoms with Crippen LogP contribution in [0.25, 0.3) is 21.6 Å². The smallest absolute Gasteiger partial charge is 0.382 e. The third-order valence-electron chi connectivity index (χ3n) is 3.82. The number of rotatable bonds is 7. The molecule has 0 unspecified atom stereocenters. The zero-order valence-electron chi connectivity index (χ0n) is 14.1. The standard InChI is InChI=1S/C10H14N8O9P2/c11-8-6-9(14-2-13-8)18(3-15-6)10-7(27-29(22,23)24)5(16-17-12)4(26-10)1-25-28(19,20)21/h2-5,7,10H,1H2,(H2,11,13,14)(H2,19,20,21)(H2,22,23,24)/t4-,5-,7-,10-/m1/s1. The summed E-state index contributed by atoms with van der Waals surface area (Å²) in [5, 5.41) is 3.39. The number of anilines is 1. The third-order valence-corrected chi connectivity index (χ3v) is 4.83. The zero-order valence-corrected chi connectivity index (χ0v) is 15.9. The van der Waals surface area contributed by atoms with Gasteiger partial charge in [-0.3, -0.25) is 13.6 Å². The molecular weight excluding hydrogens is 438 g/mol. The topological polar surface area (TPSA) is 261 Å². The van der Waals surface area contributed by atoms with Crippen molar-refractivity contribution in [2.75, 3.05) is 12.3 Å². The van der Waals surface area contributed by atoms with E-state index in [1.807, 2.05) is 0 Å². The highest BCUT2D eigenvalue weighted by Gasteiger charge is 2.49. The number of azide groups is 1. The molecule has 0 spiro atoms. The van der Waals surface area contributed by atoms with Gasteiger partial charge in [0.15, 0.2) is 17.7 Å². The number of nitrogen functional groups attached to an aromatic ring is 1. The molecule has 1 saturated heterocycles. The van der Waals surface area contributed by atoms with Gasteiger partial charge in [-0.2, -0.15) is 0 Å². The number of nitrogens with two attached hydrogens (primary N) is 1. The Labute approximate surface area is 160 Å². The average molecular weight is 452 g/mol. The molecule has 1 aliphatic rings. The normalized spacial score (nSPS) is 25.2. The summed E-state index contributed by atoms with van der Waals surface area (Å²) >= 11 is 0. The minimum Gasteiger partial charge on any atom is -0.382 e. The van der Waals surface area contributed by atoms with Crippen LogP contribution in [0.15, 0.2) is 17.8 Å². The van der Waals surface area contributed by atoms with Crippen LogP contribution in [0.4, 0.5) is 5.82 Å². The third kappa shape index (κ3) is 4.88. The van der Waals surface area contributed by atoms with E-state index in [-0.39, 0.29) is 17.0 Å². The van der Waals surface area contributed by atoms with Crippen LogP contribution in [0.1, 0.15) is 6.23 Å². The quantitative estimate of drug-likeness (QED) is 0.155. The Morgan fingerprint density at radius 2 is 2.00 bits per heavy atom. The number of phosphoric acid groups is 2. The average Bonchev–Trinajstić information content (AvgIpc) is 3.15. The fraction of sp³-hybridized carbons (Fsp3) is 0.500. The van der Waals surface area contributed by atoms with Crippen molar-refractivity contribution >= 4 is 32.6 Å². The van der Waals surface area contributed by atoms with Crippen molar-refractivity contribution < 1.29 is 42.5 Å². The van der Waals surface area contributed by atoms with Gasteiger partial charge in [-0.15, -0.1) is 0 Å². The van der Waals surface area contributed by atoms with E-state index in [2.05, 4.69) is 29.5 Å². The molecule has 1 aliphatic heterocycles. The number of hydrogen-bond acceptors (Lipinski definition) is 10. The number of aromatic nitrogens is 4. The molecule has 158 valence electrons. The lowest BCUT2D eigenvalue weighted by atomic mass is 10.1. The van der Waals surface area contributed by atoms with Crippen molar-refractivity contribution in [3.05, 3.63) is 23.1 Å². The van der Waals surface area contributed by atoms with Crippen LogP contribution >= 0.6 is 15.6 Å². The summed E-state index contributed by atoms with van der Waals surface area (Å²) in [7, 11) is -10.0. The van der Waals surface area contributed by atoms with Gasteiger partial charge in [-0.05, 0) is 5.53 Å². The first-order chi connectivity index (χ1) is 13.5. The minimum atomic E-state index is -5.11. The summed E-state index contributed by atoms with van der Waals surface area (Å²) < 4.78 is 38.4. The summed E-state index contributed by atoms with van der Waals surface area (Å²) in [4.78, 5) is 50.6. The van der Waals surface area contributed by atoms with Crippen LogP contribution in [0.3, 0.4) is 0 Å². The van der Waals surface area contributed by atoms with Crippen LogP contribution in [0.2, 0.25) is 0 Å². The minimum absolute atomic E-state index is 0.0205. The van der Waals surface area contributed by atoms with Crippen molar-refractivity contribution in [1.29, 1.82) is 0 Å². The van der Waals surface area contributed by atoms with Crippen molar-refractivity contribution in [2.45, 2.75) is 24.5 Å². The summed E-state index contributed by atoms with van der Waals surface area (Å²) in [6.45, 7) is -0.769. The largest absolute Gasteiger partial charge is 0.470 e. The van der Waals surface area contributed by atoms with Gasteiger partial charge in [0, 0.05) is 4.91 Å². The maximum atomic E-state index is 11.4. The van der Waals surface area contributed by atoms with Crippen LogP contribution in [0.5, 0.6) is 0 Å². The van der Waals surface area contributed by atoms with Gasteiger partial charge in [0.05, 0.1) is 25.1 Å². The number of imidazole rings is 1. The monoisotopic (exact) mass is 452 g/mol. The molecule has 0 saturated carbocycles. The molecule has 0 aliphatic carbocycles. The molecule has 2 aromatic heterocycles. The number of fused-ring (bicyclic) bond motifs is 1. The Kier molecular flexibility index (Phi) is 5.89. The lowest BCUT2D eigenvalue weighted by molar-refractivity contribution is -0.0474. The van der Waals surface area contributed by atoms with E-state index < -0.39 is 46.7 Å². The lowest BCUT2D eigenvalue weighted by Crippen LogP contribution is -2.33. The number of hydrogen-bond donors (Lipinski definition) is 5. The van der Waals surface area contributed by atoms with E-state index in [9.17, 15) is 18.9 Å². The summed E-state index contributed by atoms with van der Waals surface area (Å²) in [6, 6.07) is -1.43. The maximum Gasteiger partial charge on any atom is 0.470 e. The first-order valence-corrected chi connectivity index (χ1v) is 10.6. The first kappa shape index (κ1) is 21.5. The Morgan fingerprint density at radius 1 is 1.28 bits per heavy atom. The second kappa shape index (κ2) is 7.93.